The van der Waals surface area contributed by atoms with Crippen molar-refractivity contribution in [2.75, 3.05) is 13.1 Å². The number of nitrogens with one attached hydrogen (secondary N) is 1. The normalized spacial score (nSPS) is 11.4. The van der Waals surface area contributed by atoms with Gasteiger partial charge in [0.05, 0.1) is 0 Å². The number of rotatable bonds is 8. The highest BCUT2D eigenvalue weighted by molar-refractivity contribution is 5.83. The van der Waals surface area contributed by atoms with Crippen LogP contribution in [0.15, 0.2) is 67.5 Å². The van der Waals surface area contributed by atoms with Crippen LogP contribution in [0.3, 0.4) is 0 Å². The van der Waals surface area contributed by atoms with Crippen molar-refractivity contribution in [2.24, 2.45) is 0 Å². The zero-order valence-electron chi connectivity index (χ0n) is 12.0. The standard InChI is InChI=1S/C18H20N2O/c1-2-11-20(12-6-3-7-14-21)13-10-16-15-19-18-9-5-4-8-17(16)18/h2-9,12,14-15,19H,1,10-11,13H2/b7-3+,12-6+. The molecule has 1 heterocycles. The molecule has 0 radical (unpaired) electrons. The summed E-state index contributed by atoms with van der Waals surface area (Å²) < 4.78 is 0. The highest BCUT2D eigenvalue weighted by Gasteiger charge is 2.04. The number of benzene rings is 1. The summed E-state index contributed by atoms with van der Waals surface area (Å²) in [6.45, 7) is 5.47. The van der Waals surface area contributed by atoms with Gasteiger partial charge in [0.2, 0.25) is 0 Å². The van der Waals surface area contributed by atoms with E-state index in [1.807, 2.05) is 24.4 Å². The summed E-state index contributed by atoms with van der Waals surface area (Å²) in [4.78, 5) is 15.7. The third-order valence-electron chi connectivity index (χ3n) is 3.30. The number of carbonyl (C=O) groups excluding carboxylic acids is 1. The second kappa shape index (κ2) is 7.90. The average Bonchev–Trinajstić information content (AvgIpc) is 2.92. The molecule has 0 saturated heterocycles. The quantitative estimate of drug-likeness (QED) is 0.348. The maximum atomic E-state index is 10.2. The Balaban J connectivity index is 2.00. The van der Waals surface area contributed by atoms with Crippen molar-refractivity contribution < 1.29 is 4.79 Å². The lowest BCUT2D eigenvalue weighted by Crippen LogP contribution is -2.20. The molecule has 0 aliphatic heterocycles. The van der Waals surface area contributed by atoms with Crippen LogP contribution in [-0.4, -0.2) is 29.3 Å². The Bertz CT molecular complexity index is 652. The number of allylic oxidation sites excluding steroid dienone is 3. The molecule has 2 aromatic rings. The summed E-state index contributed by atoms with van der Waals surface area (Å²) in [7, 11) is 0. The van der Waals surface area contributed by atoms with Crippen LogP contribution in [-0.2, 0) is 11.2 Å². The fourth-order valence-electron chi connectivity index (χ4n) is 2.28. The highest BCUT2D eigenvalue weighted by Crippen LogP contribution is 2.18. The zero-order valence-corrected chi connectivity index (χ0v) is 12.0. The maximum absolute atomic E-state index is 10.2. The van der Waals surface area contributed by atoms with Crippen LogP contribution in [0.25, 0.3) is 10.9 Å². The van der Waals surface area contributed by atoms with E-state index in [1.54, 1.807) is 6.08 Å². The molecule has 0 aliphatic carbocycles. The monoisotopic (exact) mass is 280 g/mol. The Kier molecular flexibility index (Phi) is 5.59. The minimum Gasteiger partial charge on any atom is -0.373 e. The second-order valence-corrected chi connectivity index (χ2v) is 4.76. The molecular weight excluding hydrogens is 260 g/mol. The van der Waals surface area contributed by atoms with Gasteiger partial charge in [-0.15, -0.1) is 6.58 Å². The van der Waals surface area contributed by atoms with Crippen LogP contribution in [0.2, 0.25) is 0 Å². The van der Waals surface area contributed by atoms with Gasteiger partial charge in [-0.1, -0.05) is 30.4 Å². The number of carbonyl (C=O) groups is 1. The Morgan fingerprint density at radius 3 is 2.86 bits per heavy atom. The van der Waals surface area contributed by atoms with Gasteiger partial charge in [-0.05, 0) is 36.4 Å². The van der Waals surface area contributed by atoms with Gasteiger partial charge in [0.25, 0.3) is 0 Å². The van der Waals surface area contributed by atoms with Gasteiger partial charge in [-0.25, -0.2) is 0 Å². The van der Waals surface area contributed by atoms with Crippen molar-refractivity contribution in [3.63, 3.8) is 0 Å². The average molecular weight is 280 g/mol. The first kappa shape index (κ1) is 14.9. The first-order valence-electron chi connectivity index (χ1n) is 7.03. The molecule has 3 nitrogen and oxygen atoms in total. The van der Waals surface area contributed by atoms with E-state index in [0.717, 1.165) is 25.8 Å². The number of nitrogens with zero attached hydrogens (tertiary/aromatic N) is 1. The summed E-state index contributed by atoms with van der Waals surface area (Å²) in [5.74, 6) is 0. The van der Waals surface area contributed by atoms with E-state index in [9.17, 15) is 4.79 Å². The van der Waals surface area contributed by atoms with Crippen LogP contribution >= 0.6 is 0 Å². The molecule has 0 atom stereocenters. The van der Waals surface area contributed by atoms with E-state index in [1.165, 1.54) is 22.5 Å². The lowest BCUT2D eigenvalue weighted by Gasteiger charge is -2.17. The van der Waals surface area contributed by atoms with Gasteiger partial charge in [-0.2, -0.15) is 0 Å². The van der Waals surface area contributed by atoms with Crippen LogP contribution in [0.1, 0.15) is 5.56 Å². The lowest BCUT2D eigenvalue weighted by atomic mass is 10.1. The fraction of sp³-hybridized carbons (Fsp3) is 0.167. The van der Waals surface area contributed by atoms with Crippen LogP contribution in [0, 0.1) is 0 Å². The number of para-hydroxylation sites is 1. The number of aromatic nitrogens is 1. The van der Waals surface area contributed by atoms with Gasteiger partial charge in [0.1, 0.15) is 6.29 Å². The first-order valence-corrected chi connectivity index (χ1v) is 7.03. The predicted molar refractivity (Wildman–Crippen MR) is 88.1 cm³/mol. The second-order valence-electron chi connectivity index (χ2n) is 4.76. The van der Waals surface area contributed by atoms with Crippen LogP contribution in [0.4, 0.5) is 0 Å². The number of fused-ring (bicyclic) bond motifs is 1. The maximum Gasteiger partial charge on any atom is 0.142 e. The minimum atomic E-state index is 0.772. The molecule has 21 heavy (non-hydrogen) atoms. The number of H-pyrrole nitrogens is 1. The van der Waals surface area contributed by atoms with Crippen molar-refractivity contribution in [2.45, 2.75) is 6.42 Å². The predicted octanol–water partition coefficient (Wildman–Crippen LogP) is 3.47. The molecule has 0 saturated carbocycles. The molecule has 0 fully saturated rings. The molecule has 0 spiro atoms. The van der Waals surface area contributed by atoms with Crippen molar-refractivity contribution in [3.05, 3.63) is 73.1 Å². The van der Waals surface area contributed by atoms with Gasteiger partial charge in [0.15, 0.2) is 0 Å². The summed E-state index contributed by atoms with van der Waals surface area (Å²) in [6.07, 6.45) is 12.7. The molecule has 1 aromatic heterocycles. The minimum absolute atomic E-state index is 0.772. The molecule has 1 N–H and O–H groups in total. The van der Waals surface area contributed by atoms with E-state index in [-0.39, 0.29) is 0 Å². The SMILES string of the molecule is C=CCN(/C=C/C=C/C=O)CCc1c[nH]c2ccccc12. The number of aromatic amines is 1. The Morgan fingerprint density at radius 2 is 2.05 bits per heavy atom. The molecule has 0 unspecified atom stereocenters. The van der Waals surface area contributed by atoms with E-state index in [0.29, 0.717) is 0 Å². The largest absolute Gasteiger partial charge is 0.373 e. The summed E-state index contributed by atoms with van der Waals surface area (Å²) in [5.41, 5.74) is 2.49. The molecule has 0 bridgehead atoms. The third kappa shape index (κ3) is 4.21. The van der Waals surface area contributed by atoms with Crippen molar-refractivity contribution in [3.8, 4) is 0 Å². The summed E-state index contributed by atoms with van der Waals surface area (Å²) in [6, 6.07) is 8.33. The van der Waals surface area contributed by atoms with Crippen molar-refractivity contribution >= 4 is 17.2 Å². The van der Waals surface area contributed by atoms with Crippen molar-refractivity contribution in [1.82, 2.24) is 9.88 Å². The van der Waals surface area contributed by atoms with E-state index in [2.05, 4.69) is 40.9 Å². The van der Waals surface area contributed by atoms with Gasteiger partial charge < -0.3 is 9.88 Å². The van der Waals surface area contributed by atoms with E-state index < -0.39 is 0 Å². The number of hydrogen-bond donors (Lipinski definition) is 1. The number of aldehydes is 1. The summed E-state index contributed by atoms with van der Waals surface area (Å²) >= 11 is 0. The van der Waals surface area contributed by atoms with E-state index in [4.69, 9.17) is 0 Å². The van der Waals surface area contributed by atoms with Crippen LogP contribution in [0.5, 0.6) is 0 Å². The van der Waals surface area contributed by atoms with Gasteiger partial charge in [0, 0.05) is 30.2 Å². The number of hydrogen-bond acceptors (Lipinski definition) is 2. The van der Waals surface area contributed by atoms with Crippen molar-refractivity contribution in [1.29, 1.82) is 0 Å². The third-order valence-corrected chi connectivity index (χ3v) is 3.30. The summed E-state index contributed by atoms with van der Waals surface area (Å²) in [5, 5.41) is 1.28. The first-order chi connectivity index (χ1) is 10.3. The zero-order chi connectivity index (χ0) is 14.9. The molecule has 0 amide bonds. The highest BCUT2D eigenvalue weighted by atomic mass is 16.1. The topological polar surface area (TPSA) is 36.1 Å². The van der Waals surface area contributed by atoms with Crippen LogP contribution < -0.4 is 0 Å². The van der Waals surface area contributed by atoms with E-state index >= 15 is 0 Å². The lowest BCUT2D eigenvalue weighted by molar-refractivity contribution is -0.104. The van der Waals surface area contributed by atoms with Gasteiger partial charge >= 0.3 is 0 Å². The Labute approximate surface area is 125 Å². The molecule has 0 aliphatic rings. The smallest absolute Gasteiger partial charge is 0.142 e. The molecule has 108 valence electrons. The molecule has 3 heteroatoms. The fourth-order valence-corrected chi connectivity index (χ4v) is 2.28. The molecule has 2 rings (SSSR count). The Morgan fingerprint density at radius 1 is 1.19 bits per heavy atom. The molecule has 1 aromatic carbocycles. The Hall–Kier alpha value is -2.55. The van der Waals surface area contributed by atoms with Gasteiger partial charge in [-0.3, -0.25) is 4.79 Å². The molecular formula is C18H20N2O.